The Hall–Kier alpha value is -1.75. The SMILES string of the molecule is Cc1ccc(C#CC/N=C/c2ccc(Cl)cc2Cl)c(C)c1. The van der Waals surface area contributed by atoms with E-state index in [1.165, 1.54) is 11.1 Å². The molecule has 3 heteroatoms. The van der Waals surface area contributed by atoms with Gasteiger partial charge in [0, 0.05) is 22.4 Å². The molecule has 0 amide bonds. The van der Waals surface area contributed by atoms with E-state index in [2.05, 4.69) is 42.8 Å². The van der Waals surface area contributed by atoms with Crippen molar-refractivity contribution < 1.29 is 0 Å². The molecular formula is C18H15Cl2N. The maximum absolute atomic E-state index is 6.06. The molecule has 0 radical (unpaired) electrons. The Morgan fingerprint density at radius 1 is 1.10 bits per heavy atom. The molecule has 0 spiro atoms. The van der Waals surface area contributed by atoms with Crippen LogP contribution in [0.1, 0.15) is 22.3 Å². The number of halogens is 2. The molecule has 2 aromatic rings. The lowest BCUT2D eigenvalue weighted by Crippen LogP contribution is -1.86. The van der Waals surface area contributed by atoms with Crippen molar-refractivity contribution in [2.45, 2.75) is 13.8 Å². The lowest BCUT2D eigenvalue weighted by molar-refractivity contribution is 1.30. The van der Waals surface area contributed by atoms with E-state index in [-0.39, 0.29) is 0 Å². The molecule has 0 atom stereocenters. The molecule has 0 fully saturated rings. The minimum Gasteiger partial charge on any atom is -0.280 e. The van der Waals surface area contributed by atoms with Gasteiger partial charge in [-0.05, 0) is 37.6 Å². The number of hydrogen-bond donors (Lipinski definition) is 0. The van der Waals surface area contributed by atoms with Crippen molar-refractivity contribution >= 4 is 29.4 Å². The van der Waals surface area contributed by atoms with Crippen LogP contribution in [0.25, 0.3) is 0 Å². The Morgan fingerprint density at radius 2 is 1.90 bits per heavy atom. The van der Waals surface area contributed by atoms with E-state index in [0.717, 1.165) is 11.1 Å². The van der Waals surface area contributed by atoms with E-state index >= 15 is 0 Å². The normalized spacial score (nSPS) is 10.5. The zero-order chi connectivity index (χ0) is 15.2. The third kappa shape index (κ3) is 4.63. The molecule has 0 bridgehead atoms. The Morgan fingerprint density at radius 3 is 2.62 bits per heavy atom. The van der Waals surface area contributed by atoms with E-state index in [9.17, 15) is 0 Å². The number of hydrogen-bond acceptors (Lipinski definition) is 1. The molecule has 0 N–H and O–H groups in total. The molecule has 0 aliphatic carbocycles. The molecular weight excluding hydrogens is 301 g/mol. The summed E-state index contributed by atoms with van der Waals surface area (Å²) in [5.74, 6) is 6.18. The highest BCUT2D eigenvalue weighted by Gasteiger charge is 1.97. The molecule has 2 aromatic carbocycles. The van der Waals surface area contributed by atoms with E-state index in [1.54, 1.807) is 18.3 Å². The van der Waals surface area contributed by atoms with E-state index < -0.39 is 0 Å². The topological polar surface area (TPSA) is 12.4 Å². The molecule has 0 aromatic heterocycles. The number of aliphatic imine (C=N–C) groups is 1. The molecule has 21 heavy (non-hydrogen) atoms. The first kappa shape index (κ1) is 15.6. The monoisotopic (exact) mass is 315 g/mol. The summed E-state index contributed by atoms with van der Waals surface area (Å²) < 4.78 is 0. The number of rotatable bonds is 2. The van der Waals surface area contributed by atoms with Crippen LogP contribution in [-0.4, -0.2) is 12.8 Å². The van der Waals surface area contributed by atoms with Gasteiger partial charge in [-0.2, -0.15) is 0 Å². The summed E-state index contributed by atoms with van der Waals surface area (Å²) in [5, 5.41) is 1.21. The second kappa shape index (κ2) is 7.31. The van der Waals surface area contributed by atoms with Crippen LogP contribution >= 0.6 is 23.2 Å². The number of aryl methyl sites for hydroxylation is 2. The minimum absolute atomic E-state index is 0.437. The first-order valence-electron chi connectivity index (χ1n) is 6.57. The van der Waals surface area contributed by atoms with Crippen LogP contribution in [0, 0.1) is 25.7 Å². The molecule has 0 aliphatic rings. The van der Waals surface area contributed by atoms with Gasteiger partial charge >= 0.3 is 0 Å². The van der Waals surface area contributed by atoms with Gasteiger partial charge in [0.2, 0.25) is 0 Å². The summed E-state index contributed by atoms with van der Waals surface area (Å²) in [7, 11) is 0. The summed E-state index contributed by atoms with van der Waals surface area (Å²) >= 11 is 11.9. The summed E-state index contributed by atoms with van der Waals surface area (Å²) in [6.45, 7) is 4.57. The Bertz CT molecular complexity index is 737. The Kier molecular flexibility index (Phi) is 5.44. The van der Waals surface area contributed by atoms with Crippen molar-refractivity contribution in [2.75, 3.05) is 6.54 Å². The van der Waals surface area contributed by atoms with Crippen LogP contribution < -0.4 is 0 Å². The number of benzene rings is 2. The fourth-order valence-corrected chi connectivity index (χ4v) is 2.34. The lowest BCUT2D eigenvalue weighted by Gasteiger charge is -1.98. The van der Waals surface area contributed by atoms with Gasteiger partial charge < -0.3 is 0 Å². The molecule has 2 rings (SSSR count). The summed E-state index contributed by atoms with van der Waals surface area (Å²) in [6.07, 6.45) is 1.72. The van der Waals surface area contributed by atoms with Crippen LogP contribution in [0.3, 0.4) is 0 Å². The molecule has 0 saturated carbocycles. The van der Waals surface area contributed by atoms with Crippen molar-refractivity contribution in [1.82, 2.24) is 0 Å². The predicted octanol–water partition coefficient (Wildman–Crippen LogP) is 5.08. The van der Waals surface area contributed by atoms with Gasteiger partial charge in [0.05, 0.1) is 5.02 Å². The second-order valence-electron chi connectivity index (χ2n) is 4.76. The van der Waals surface area contributed by atoms with Crippen LogP contribution in [0.2, 0.25) is 10.0 Å². The van der Waals surface area contributed by atoms with Gasteiger partial charge in [0.25, 0.3) is 0 Å². The highest BCUT2D eigenvalue weighted by Crippen LogP contribution is 2.19. The Labute approximate surface area is 135 Å². The molecule has 0 unspecified atom stereocenters. The van der Waals surface area contributed by atoms with Crippen LogP contribution in [0.5, 0.6) is 0 Å². The van der Waals surface area contributed by atoms with Gasteiger partial charge in [0.15, 0.2) is 0 Å². The van der Waals surface area contributed by atoms with Crippen molar-refractivity contribution in [3.05, 3.63) is 68.7 Å². The first-order chi connectivity index (χ1) is 10.1. The quantitative estimate of drug-likeness (QED) is 0.541. The van der Waals surface area contributed by atoms with E-state index in [4.69, 9.17) is 23.2 Å². The minimum atomic E-state index is 0.437. The fraction of sp³-hybridized carbons (Fsp3) is 0.167. The molecule has 0 heterocycles. The van der Waals surface area contributed by atoms with Crippen molar-refractivity contribution in [3.8, 4) is 11.8 Å². The zero-order valence-corrected chi connectivity index (χ0v) is 13.5. The summed E-state index contributed by atoms with van der Waals surface area (Å²) in [5.41, 5.74) is 4.32. The standard InChI is InChI=1S/C18H15Cl2N/c1-13-5-6-15(14(2)10-13)4-3-9-21-12-16-7-8-17(19)11-18(16)20/h5-8,10-12H,9H2,1-2H3/b21-12+. The lowest BCUT2D eigenvalue weighted by atomic mass is 10.1. The third-order valence-corrected chi connectivity index (χ3v) is 3.53. The Balaban J connectivity index is 2.01. The number of nitrogens with zero attached hydrogens (tertiary/aromatic N) is 1. The van der Waals surface area contributed by atoms with Gasteiger partial charge in [-0.3, -0.25) is 4.99 Å². The summed E-state index contributed by atoms with van der Waals surface area (Å²) in [4.78, 5) is 4.27. The summed E-state index contributed by atoms with van der Waals surface area (Å²) in [6, 6.07) is 11.6. The molecule has 106 valence electrons. The predicted molar refractivity (Wildman–Crippen MR) is 91.7 cm³/mol. The molecule has 1 nitrogen and oxygen atoms in total. The first-order valence-corrected chi connectivity index (χ1v) is 7.33. The van der Waals surface area contributed by atoms with Crippen LogP contribution in [0.15, 0.2) is 41.4 Å². The van der Waals surface area contributed by atoms with Crippen molar-refractivity contribution in [3.63, 3.8) is 0 Å². The fourth-order valence-electron chi connectivity index (χ4n) is 1.88. The average Bonchev–Trinajstić information content (AvgIpc) is 2.42. The molecule has 0 saturated heterocycles. The van der Waals surface area contributed by atoms with Gasteiger partial charge in [-0.1, -0.05) is 58.8 Å². The van der Waals surface area contributed by atoms with Gasteiger partial charge in [-0.15, -0.1) is 0 Å². The second-order valence-corrected chi connectivity index (χ2v) is 5.60. The zero-order valence-electron chi connectivity index (χ0n) is 12.0. The molecule has 0 aliphatic heterocycles. The van der Waals surface area contributed by atoms with Gasteiger partial charge in [-0.25, -0.2) is 0 Å². The van der Waals surface area contributed by atoms with Gasteiger partial charge in [0.1, 0.15) is 6.54 Å². The van der Waals surface area contributed by atoms with Crippen molar-refractivity contribution in [2.24, 2.45) is 4.99 Å². The largest absolute Gasteiger partial charge is 0.280 e. The average molecular weight is 316 g/mol. The van der Waals surface area contributed by atoms with Crippen LogP contribution in [0.4, 0.5) is 0 Å². The highest BCUT2D eigenvalue weighted by atomic mass is 35.5. The highest BCUT2D eigenvalue weighted by molar-refractivity contribution is 6.36. The van der Waals surface area contributed by atoms with Crippen molar-refractivity contribution in [1.29, 1.82) is 0 Å². The third-order valence-electron chi connectivity index (χ3n) is 2.97. The van der Waals surface area contributed by atoms with E-state index in [1.807, 2.05) is 12.1 Å². The van der Waals surface area contributed by atoms with Crippen LogP contribution in [-0.2, 0) is 0 Å². The smallest absolute Gasteiger partial charge is 0.100 e. The van der Waals surface area contributed by atoms with E-state index in [0.29, 0.717) is 16.6 Å². The maximum Gasteiger partial charge on any atom is 0.100 e. The maximum atomic E-state index is 6.06.